The van der Waals surface area contributed by atoms with Crippen LogP contribution < -0.4 is 15.7 Å². The molecule has 0 spiro atoms. The molecule has 0 atom stereocenters. The highest BCUT2D eigenvalue weighted by Gasteiger charge is 2.11. The zero-order valence-corrected chi connectivity index (χ0v) is 13.1. The maximum Gasteiger partial charge on any atom is 0.433 e. The number of nitrogens with one attached hydrogen (secondary N) is 2. The van der Waals surface area contributed by atoms with Gasteiger partial charge in [-0.15, -0.1) is 0 Å². The summed E-state index contributed by atoms with van der Waals surface area (Å²) in [5.74, 6) is 0. The van der Waals surface area contributed by atoms with E-state index in [9.17, 15) is 9.59 Å². The molecule has 118 valence electrons. The van der Waals surface area contributed by atoms with E-state index in [0.29, 0.717) is 22.5 Å². The molecule has 0 aliphatic rings. The third kappa shape index (κ3) is 3.22. The van der Waals surface area contributed by atoms with Crippen LogP contribution in [0.5, 0.6) is 0 Å². The molecule has 0 saturated heterocycles. The summed E-state index contributed by atoms with van der Waals surface area (Å²) in [4.78, 5) is 29.7. The van der Waals surface area contributed by atoms with Crippen molar-refractivity contribution in [3.63, 3.8) is 0 Å². The van der Waals surface area contributed by atoms with Gasteiger partial charge < -0.3 is 5.32 Å². The Kier molecular flexibility index (Phi) is 4.08. The average Bonchev–Trinajstić information content (AvgIpc) is 2.83. The number of aromatic amines is 1. The lowest BCUT2D eigenvalue weighted by Gasteiger charge is -2.07. The number of benzene rings is 2. The summed E-state index contributed by atoms with van der Waals surface area (Å²) >= 11 is 5.86. The molecule has 1 aromatic heterocycles. The smallest absolute Gasteiger partial charge is 0.316 e. The van der Waals surface area contributed by atoms with Crippen LogP contribution in [0.1, 0.15) is 11.1 Å². The van der Waals surface area contributed by atoms with E-state index >= 15 is 0 Å². The van der Waals surface area contributed by atoms with Gasteiger partial charge in [0.25, 0.3) is 0 Å². The van der Waals surface area contributed by atoms with Crippen molar-refractivity contribution in [1.29, 1.82) is 0 Å². The number of aromatic nitrogens is 2. The zero-order chi connectivity index (χ0) is 16.4. The molecule has 0 radical (unpaired) electrons. The highest BCUT2D eigenvalue weighted by Crippen LogP contribution is 2.14. The summed E-state index contributed by atoms with van der Waals surface area (Å²) in [6.45, 7) is 2.26. The number of amides is 1. The van der Waals surface area contributed by atoms with Crippen molar-refractivity contribution in [3.05, 3.63) is 69.0 Å². The molecule has 0 fully saturated rings. The molecule has 1 amide bonds. The van der Waals surface area contributed by atoms with Crippen molar-refractivity contribution in [2.24, 2.45) is 0 Å². The van der Waals surface area contributed by atoms with Gasteiger partial charge in [0.2, 0.25) is 0 Å². The quantitative estimate of drug-likeness (QED) is 0.774. The monoisotopic (exact) mass is 331 g/mol. The van der Waals surface area contributed by atoms with E-state index in [1.54, 1.807) is 12.1 Å². The molecule has 0 bridgehead atoms. The number of H-pyrrole nitrogens is 1. The van der Waals surface area contributed by atoms with E-state index in [0.717, 1.165) is 16.0 Å². The molecule has 0 saturated carbocycles. The van der Waals surface area contributed by atoms with Gasteiger partial charge >= 0.3 is 11.7 Å². The Hall–Kier alpha value is -2.73. The molecule has 6 nitrogen and oxygen atoms in total. The van der Waals surface area contributed by atoms with Crippen LogP contribution >= 0.6 is 11.6 Å². The maximum atomic E-state index is 12.1. The van der Waals surface area contributed by atoms with E-state index < -0.39 is 11.7 Å². The van der Waals surface area contributed by atoms with Crippen LogP contribution in [-0.4, -0.2) is 16.0 Å². The maximum absolute atomic E-state index is 12.1. The van der Waals surface area contributed by atoms with Crippen molar-refractivity contribution in [2.75, 3.05) is 0 Å². The lowest BCUT2D eigenvalue weighted by atomic mass is 10.1. The van der Waals surface area contributed by atoms with E-state index in [1.807, 2.05) is 31.2 Å². The van der Waals surface area contributed by atoms with Crippen molar-refractivity contribution >= 4 is 28.6 Å². The minimum Gasteiger partial charge on any atom is -0.316 e. The number of hydrogen-bond donors (Lipinski definition) is 2. The predicted molar refractivity (Wildman–Crippen MR) is 87.6 cm³/mol. The number of carbonyl (C=O) groups is 1. The fraction of sp³-hybridized carbons (Fsp3) is 0.125. The third-order valence-electron chi connectivity index (χ3n) is 3.48. The standard InChI is InChI=1S/C16H14ClN3O3/c1-10-4-2-3-5-11(10)9-18-16(22)23-20-15(21)13-8-12(17)6-7-14(13)19-20/h2-8,19H,9H2,1H3,(H,18,22). The second-order valence-electron chi connectivity index (χ2n) is 5.06. The predicted octanol–water partition coefficient (Wildman–Crippen LogP) is 2.63. The van der Waals surface area contributed by atoms with Crippen molar-refractivity contribution in [2.45, 2.75) is 13.5 Å². The number of nitrogens with zero attached hydrogens (tertiary/aromatic N) is 1. The normalized spacial score (nSPS) is 10.7. The summed E-state index contributed by atoms with van der Waals surface area (Å²) in [5.41, 5.74) is 2.09. The van der Waals surface area contributed by atoms with Crippen LogP contribution in [0, 0.1) is 6.92 Å². The number of carbonyl (C=O) groups excluding carboxylic acids is 1. The van der Waals surface area contributed by atoms with Gasteiger partial charge in [-0.1, -0.05) is 40.7 Å². The van der Waals surface area contributed by atoms with Crippen molar-refractivity contribution in [3.8, 4) is 0 Å². The second kappa shape index (κ2) is 6.18. The van der Waals surface area contributed by atoms with Gasteiger partial charge in [-0.25, -0.2) is 4.79 Å². The molecule has 2 N–H and O–H groups in total. The Bertz CT molecular complexity index is 930. The first-order chi connectivity index (χ1) is 11.0. The van der Waals surface area contributed by atoms with Crippen LogP contribution in [0.4, 0.5) is 4.79 Å². The van der Waals surface area contributed by atoms with E-state index in [1.165, 1.54) is 6.07 Å². The summed E-state index contributed by atoms with van der Waals surface area (Å²) in [6.07, 6.45) is -0.729. The van der Waals surface area contributed by atoms with E-state index in [2.05, 4.69) is 10.4 Å². The average molecular weight is 332 g/mol. The van der Waals surface area contributed by atoms with Crippen LogP contribution in [0.25, 0.3) is 10.9 Å². The molecule has 2 aromatic carbocycles. The highest BCUT2D eigenvalue weighted by molar-refractivity contribution is 6.31. The lowest BCUT2D eigenvalue weighted by molar-refractivity contribution is 0.112. The van der Waals surface area contributed by atoms with E-state index in [-0.39, 0.29) is 0 Å². The Balaban J connectivity index is 1.72. The molecular formula is C16H14ClN3O3. The minimum absolute atomic E-state index is 0.312. The van der Waals surface area contributed by atoms with Crippen LogP contribution in [0.15, 0.2) is 47.3 Å². The fourth-order valence-electron chi connectivity index (χ4n) is 2.22. The van der Waals surface area contributed by atoms with Crippen molar-refractivity contribution in [1.82, 2.24) is 15.3 Å². The first-order valence-electron chi connectivity index (χ1n) is 6.95. The molecule has 0 aliphatic carbocycles. The van der Waals surface area contributed by atoms with Gasteiger partial charge in [0.05, 0.1) is 10.9 Å². The number of rotatable bonds is 3. The summed E-state index contributed by atoms with van der Waals surface area (Å²) < 4.78 is 0. The summed E-state index contributed by atoms with van der Waals surface area (Å²) in [5, 5.41) is 6.08. The topological polar surface area (TPSA) is 76.1 Å². The minimum atomic E-state index is -0.729. The molecule has 23 heavy (non-hydrogen) atoms. The number of fused-ring (bicyclic) bond motifs is 1. The Labute approximate surface area is 136 Å². The van der Waals surface area contributed by atoms with Crippen LogP contribution in [0.2, 0.25) is 5.02 Å². The molecular weight excluding hydrogens is 318 g/mol. The SMILES string of the molecule is Cc1ccccc1CNC(=O)On1[nH]c2ccc(Cl)cc2c1=O. The van der Waals surface area contributed by atoms with E-state index in [4.69, 9.17) is 16.4 Å². The summed E-state index contributed by atoms with van der Waals surface area (Å²) in [7, 11) is 0. The fourth-order valence-corrected chi connectivity index (χ4v) is 2.39. The lowest BCUT2D eigenvalue weighted by Crippen LogP contribution is -2.36. The van der Waals surface area contributed by atoms with Crippen LogP contribution in [-0.2, 0) is 6.54 Å². The number of halogens is 1. The first-order valence-corrected chi connectivity index (χ1v) is 7.33. The molecule has 3 aromatic rings. The molecule has 3 rings (SSSR count). The summed E-state index contributed by atoms with van der Waals surface area (Å²) in [6, 6.07) is 12.5. The van der Waals surface area contributed by atoms with Gasteiger partial charge in [-0.2, -0.15) is 0 Å². The van der Waals surface area contributed by atoms with Gasteiger partial charge in [-0.05, 0) is 36.2 Å². The largest absolute Gasteiger partial charge is 0.433 e. The van der Waals surface area contributed by atoms with Gasteiger partial charge in [0.15, 0.2) is 0 Å². The Morgan fingerprint density at radius 1 is 1.30 bits per heavy atom. The molecule has 1 heterocycles. The Morgan fingerprint density at radius 2 is 2.09 bits per heavy atom. The molecule has 7 heteroatoms. The van der Waals surface area contributed by atoms with Gasteiger partial charge in [0, 0.05) is 11.6 Å². The van der Waals surface area contributed by atoms with Gasteiger partial charge in [-0.3, -0.25) is 14.7 Å². The molecule has 0 unspecified atom stereocenters. The first kappa shape index (κ1) is 15.2. The van der Waals surface area contributed by atoms with Gasteiger partial charge in [0.1, 0.15) is 0 Å². The van der Waals surface area contributed by atoms with Crippen LogP contribution in [0.3, 0.4) is 0 Å². The number of hydrogen-bond acceptors (Lipinski definition) is 3. The molecule has 0 aliphatic heterocycles. The second-order valence-corrected chi connectivity index (χ2v) is 5.50. The third-order valence-corrected chi connectivity index (χ3v) is 3.71. The Morgan fingerprint density at radius 3 is 2.87 bits per heavy atom. The zero-order valence-electron chi connectivity index (χ0n) is 12.3. The highest BCUT2D eigenvalue weighted by atomic mass is 35.5. The number of aryl methyl sites for hydroxylation is 1. The van der Waals surface area contributed by atoms with Crippen molar-refractivity contribution < 1.29 is 9.63 Å².